The predicted molar refractivity (Wildman–Crippen MR) is 125 cm³/mol. The third kappa shape index (κ3) is 6.03. The van der Waals surface area contributed by atoms with Crippen LogP contribution < -0.4 is 5.32 Å². The average Bonchev–Trinajstić information content (AvgIpc) is 3.31. The van der Waals surface area contributed by atoms with Gasteiger partial charge in [0.2, 0.25) is 5.91 Å². The van der Waals surface area contributed by atoms with Crippen LogP contribution in [0.3, 0.4) is 0 Å². The second-order valence-electron chi connectivity index (χ2n) is 7.50. The zero-order chi connectivity index (χ0) is 20.0. The van der Waals surface area contributed by atoms with Gasteiger partial charge in [-0.05, 0) is 19.8 Å². The Bertz CT molecular complexity index is 659. The number of aromatic nitrogens is 1. The van der Waals surface area contributed by atoms with E-state index >= 15 is 0 Å². The summed E-state index contributed by atoms with van der Waals surface area (Å²) in [7, 11) is 9.13. The molecule has 0 spiro atoms. The molecule has 160 valence electrons. The lowest BCUT2D eigenvalue weighted by atomic mass is 9.84. The monoisotopic (exact) mass is 523 g/mol. The molecule has 0 bridgehead atoms. The van der Waals surface area contributed by atoms with Crippen molar-refractivity contribution in [2.24, 2.45) is 10.4 Å². The number of hydrogen-bond acceptors (Lipinski definition) is 5. The van der Waals surface area contributed by atoms with Crippen LogP contribution in [0, 0.1) is 5.41 Å². The number of ether oxygens (including phenoxy) is 1. The van der Waals surface area contributed by atoms with E-state index in [0.717, 1.165) is 42.3 Å². The van der Waals surface area contributed by atoms with Gasteiger partial charge in [0.15, 0.2) is 5.96 Å². The van der Waals surface area contributed by atoms with E-state index in [-0.39, 0.29) is 41.4 Å². The minimum atomic E-state index is -0.317. The van der Waals surface area contributed by atoms with E-state index in [2.05, 4.69) is 20.7 Å². The normalized spacial score (nSPS) is 17.0. The molecule has 0 radical (unpaired) electrons. The maximum absolute atomic E-state index is 12.7. The molecule has 1 atom stereocenters. The molecule has 1 saturated carbocycles. The van der Waals surface area contributed by atoms with E-state index in [4.69, 9.17) is 4.74 Å². The summed E-state index contributed by atoms with van der Waals surface area (Å²) in [5.41, 5.74) is 0.673. The first-order chi connectivity index (χ1) is 12.8. The third-order valence-corrected chi connectivity index (χ3v) is 6.30. The number of hydrogen-bond donors (Lipinski definition) is 1. The molecule has 2 rings (SSSR count). The Hall–Kier alpha value is -0.940. The summed E-state index contributed by atoms with van der Waals surface area (Å²) >= 11 is 1.61. The number of amides is 1. The van der Waals surface area contributed by atoms with Gasteiger partial charge < -0.3 is 19.9 Å². The van der Waals surface area contributed by atoms with E-state index in [0.29, 0.717) is 13.1 Å². The third-order valence-electron chi connectivity index (χ3n) is 5.25. The fourth-order valence-corrected chi connectivity index (χ4v) is 4.47. The Morgan fingerprint density at radius 1 is 1.39 bits per heavy atom. The number of carbonyl (C=O) groups is 1. The lowest BCUT2D eigenvalue weighted by molar-refractivity contribution is -0.138. The van der Waals surface area contributed by atoms with Gasteiger partial charge in [-0.1, -0.05) is 12.8 Å². The predicted octanol–water partition coefficient (Wildman–Crippen LogP) is 3.12. The van der Waals surface area contributed by atoms with Crippen molar-refractivity contribution >= 4 is 47.2 Å². The Kier molecular flexibility index (Phi) is 10.1. The Labute approximate surface area is 190 Å². The molecule has 1 aromatic rings. The van der Waals surface area contributed by atoms with Gasteiger partial charge in [0.1, 0.15) is 11.1 Å². The molecular weight excluding hydrogens is 489 g/mol. The van der Waals surface area contributed by atoms with Crippen LogP contribution in [0.4, 0.5) is 0 Å². The molecule has 0 aliphatic heterocycles. The molecule has 28 heavy (non-hydrogen) atoms. The fraction of sp³-hybridized carbons (Fsp3) is 0.737. The van der Waals surface area contributed by atoms with E-state index in [1.54, 1.807) is 30.4 Å². The number of guanidine groups is 1. The zero-order valence-electron chi connectivity index (χ0n) is 17.8. The number of aliphatic imine (C=N–C) groups is 1. The summed E-state index contributed by atoms with van der Waals surface area (Å²) in [5, 5.41) is 6.46. The number of carbonyl (C=O) groups excluding carboxylic acids is 1. The van der Waals surface area contributed by atoms with E-state index in [1.165, 1.54) is 0 Å². The molecule has 1 fully saturated rings. The quantitative estimate of drug-likeness (QED) is 0.338. The summed E-state index contributed by atoms with van der Waals surface area (Å²) in [6, 6.07) is 0. The molecule has 1 heterocycles. The van der Waals surface area contributed by atoms with Gasteiger partial charge in [-0.2, -0.15) is 0 Å². The molecule has 0 saturated heterocycles. The second kappa shape index (κ2) is 11.3. The topological polar surface area (TPSA) is 70.1 Å². The highest BCUT2D eigenvalue weighted by molar-refractivity contribution is 14.0. The summed E-state index contributed by atoms with van der Waals surface area (Å²) in [5.74, 6) is 0.991. The van der Waals surface area contributed by atoms with Crippen molar-refractivity contribution in [1.82, 2.24) is 20.1 Å². The first kappa shape index (κ1) is 25.1. The maximum Gasteiger partial charge on any atom is 0.230 e. The lowest BCUT2D eigenvalue weighted by Crippen LogP contribution is -2.49. The number of rotatable bonds is 7. The van der Waals surface area contributed by atoms with Crippen LogP contribution in [0.5, 0.6) is 0 Å². The van der Waals surface area contributed by atoms with Crippen LogP contribution in [0.1, 0.15) is 49.4 Å². The fourth-order valence-electron chi connectivity index (χ4n) is 3.63. The van der Waals surface area contributed by atoms with Crippen LogP contribution in [0.2, 0.25) is 0 Å². The van der Waals surface area contributed by atoms with Gasteiger partial charge in [0, 0.05) is 47.2 Å². The molecule has 1 aromatic heterocycles. The summed E-state index contributed by atoms with van der Waals surface area (Å²) in [4.78, 5) is 25.5. The molecule has 9 heteroatoms. The number of nitrogens with zero attached hydrogens (tertiary/aromatic N) is 4. The van der Waals surface area contributed by atoms with Crippen molar-refractivity contribution in [3.63, 3.8) is 0 Å². The van der Waals surface area contributed by atoms with Crippen LogP contribution in [0.15, 0.2) is 10.4 Å². The summed E-state index contributed by atoms with van der Waals surface area (Å²) in [6.45, 7) is 3.26. The van der Waals surface area contributed by atoms with Crippen molar-refractivity contribution in [1.29, 1.82) is 0 Å². The molecule has 1 aliphatic carbocycles. The maximum atomic E-state index is 12.7. The number of nitrogens with one attached hydrogen (secondary N) is 1. The van der Waals surface area contributed by atoms with Crippen LogP contribution >= 0.6 is 35.3 Å². The van der Waals surface area contributed by atoms with Gasteiger partial charge >= 0.3 is 0 Å². The van der Waals surface area contributed by atoms with Crippen molar-refractivity contribution in [2.45, 2.75) is 45.3 Å². The van der Waals surface area contributed by atoms with E-state index in [1.807, 2.05) is 33.0 Å². The van der Waals surface area contributed by atoms with Gasteiger partial charge in [0.25, 0.3) is 0 Å². The lowest BCUT2D eigenvalue weighted by Gasteiger charge is -2.32. The molecular formula is C19H34IN5O2S. The molecule has 0 aromatic carbocycles. The Balaban J connectivity index is 0.00000392. The highest BCUT2D eigenvalue weighted by Crippen LogP contribution is 2.39. The minimum absolute atomic E-state index is 0. The van der Waals surface area contributed by atoms with Gasteiger partial charge in [0.05, 0.1) is 17.7 Å². The summed E-state index contributed by atoms with van der Waals surface area (Å²) < 4.78 is 5.33. The van der Waals surface area contributed by atoms with Crippen molar-refractivity contribution in [3.8, 4) is 0 Å². The van der Waals surface area contributed by atoms with Crippen LogP contribution in [0.25, 0.3) is 0 Å². The first-order valence-electron chi connectivity index (χ1n) is 9.43. The van der Waals surface area contributed by atoms with E-state index < -0.39 is 0 Å². The second-order valence-corrected chi connectivity index (χ2v) is 8.39. The standard InChI is InChI=1S/C19H33N5O2S.HI/c1-14(26-6)16-22-15(12-27-16)11-24(5)18(20-2)21-13-19(9-7-8-10-19)17(25)23(3)4;/h12,14H,7-11,13H2,1-6H3,(H,20,21);1H. The molecule has 1 amide bonds. The van der Waals surface area contributed by atoms with Crippen molar-refractivity contribution < 1.29 is 9.53 Å². The highest BCUT2D eigenvalue weighted by atomic mass is 127. The molecule has 1 unspecified atom stereocenters. The minimum Gasteiger partial charge on any atom is -0.375 e. The van der Waals surface area contributed by atoms with Gasteiger partial charge in [-0.25, -0.2) is 4.98 Å². The smallest absolute Gasteiger partial charge is 0.230 e. The number of halogens is 1. The molecule has 1 aliphatic rings. The Morgan fingerprint density at radius 3 is 2.57 bits per heavy atom. The number of thiazole rings is 1. The van der Waals surface area contributed by atoms with Crippen LogP contribution in [-0.4, -0.2) is 68.5 Å². The number of methoxy groups -OCH3 is 1. The van der Waals surface area contributed by atoms with Crippen LogP contribution in [-0.2, 0) is 16.1 Å². The zero-order valence-corrected chi connectivity index (χ0v) is 21.0. The van der Waals surface area contributed by atoms with Gasteiger partial charge in [-0.15, -0.1) is 35.3 Å². The molecule has 7 nitrogen and oxygen atoms in total. The Morgan fingerprint density at radius 2 is 2.04 bits per heavy atom. The first-order valence-corrected chi connectivity index (χ1v) is 10.3. The van der Waals surface area contributed by atoms with E-state index in [9.17, 15) is 4.79 Å². The SMILES string of the molecule is CN=C(NCC1(C(=O)N(C)C)CCCC1)N(C)Cc1csc(C(C)OC)n1.I. The van der Waals surface area contributed by atoms with Crippen molar-refractivity contribution in [2.75, 3.05) is 41.8 Å². The highest BCUT2D eigenvalue weighted by Gasteiger charge is 2.42. The van der Waals surface area contributed by atoms with Crippen molar-refractivity contribution in [3.05, 3.63) is 16.1 Å². The molecule has 1 N–H and O–H groups in total. The largest absolute Gasteiger partial charge is 0.375 e. The summed E-state index contributed by atoms with van der Waals surface area (Å²) in [6.07, 6.45) is 4.08. The van der Waals surface area contributed by atoms with Gasteiger partial charge in [-0.3, -0.25) is 9.79 Å². The average molecular weight is 523 g/mol.